The lowest BCUT2D eigenvalue weighted by atomic mass is 10.1. The smallest absolute Gasteiger partial charge is 0.319 e. The van der Waals surface area contributed by atoms with Gasteiger partial charge in [-0.25, -0.2) is 19.4 Å². The van der Waals surface area contributed by atoms with Gasteiger partial charge >= 0.3 is 6.03 Å². The van der Waals surface area contributed by atoms with Gasteiger partial charge in [0.25, 0.3) is 0 Å². The van der Waals surface area contributed by atoms with E-state index in [0.717, 1.165) is 29.2 Å². The molecule has 4 rings (SSSR count). The number of nitrogens with one attached hydrogen (secondary N) is 2. The maximum atomic E-state index is 11.8. The van der Waals surface area contributed by atoms with Crippen LogP contribution < -0.4 is 10.6 Å². The molecule has 0 radical (unpaired) electrons. The number of aromatic nitrogens is 5. The van der Waals surface area contributed by atoms with Crippen LogP contribution in [0.3, 0.4) is 0 Å². The molecule has 2 amide bonds. The third kappa shape index (κ3) is 2.46. The summed E-state index contributed by atoms with van der Waals surface area (Å²) in [4.78, 5) is 20.6. The molecule has 8 heteroatoms. The van der Waals surface area contributed by atoms with Crippen molar-refractivity contribution in [1.82, 2.24) is 29.6 Å². The van der Waals surface area contributed by atoms with E-state index in [2.05, 4.69) is 37.2 Å². The highest BCUT2D eigenvalue weighted by molar-refractivity contribution is 5.90. The van der Waals surface area contributed by atoms with Gasteiger partial charge in [0.2, 0.25) is 0 Å². The first-order valence-corrected chi connectivity index (χ1v) is 8.34. The van der Waals surface area contributed by atoms with Crippen LogP contribution in [0.4, 0.5) is 10.5 Å². The molecule has 3 aromatic rings. The fraction of sp³-hybridized carbons (Fsp3) is 0.294. The Labute approximate surface area is 144 Å². The van der Waals surface area contributed by atoms with Crippen molar-refractivity contribution in [3.05, 3.63) is 42.7 Å². The highest BCUT2D eigenvalue weighted by atomic mass is 16.2. The monoisotopic (exact) mass is 337 g/mol. The molecule has 0 saturated carbocycles. The van der Waals surface area contributed by atoms with Crippen molar-refractivity contribution in [2.45, 2.75) is 26.3 Å². The number of fused-ring (bicyclic) bond motifs is 5. The van der Waals surface area contributed by atoms with Crippen molar-refractivity contribution in [3.63, 3.8) is 0 Å². The van der Waals surface area contributed by atoms with Crippen molar-refractivity contribution in [3.8, 4) is 17.1 Å². The van der Waals surface area contributed by atoms with Crippen LogP contribution in [-0.2, 0) is 0 Å². The number of urea groups is 1. The first-order valence-electron chi connectivity index (χ1n) is 8.34. The second-order valence-corrected chi connectivity index (χ2v) is 5.86. The summed E-state index contributed by atoms with van der Waals surface area (Å²) in [7, 11) is 0. The number of carbonyl (C=O) groups is 1. The predicted octanol–water partition coefficient (Wildman–Crippen LogP) is 2.59. The molecule has 1 aromatic carbocycles. The van der Waals surface area contributed by atoms with E-state index in [4.69, 9.17) is 0 Å². The molecule has 1 aliphatic rings. The van der Waals surface area contributed by atoms with Gasteiger partial charge in [0, 0.05) is 17.8 Å². The number of amides is 2. The number of hydrogen-bond acceptors (Lipinski definition) is 4. The molecule has 25 heavy (non-hydrogen) atoms. The Morgan fingerprint density at radius 1 is 1.32 bits per heavy atom. The number of benzene rings is 1. The van der Waals surface area contributed by atoms with Crippen LogP contribution in [0.5, 0.6) is 0 Å². The summed E-state index contributed by atoms with van der Waals surface area (Å²) in [6.07, 6.45) is 6.12. The van der Waals surface area contributed by atoms with Crippen molar-refractivity contribution in [1.29, 1.82) is 0 Å². The van der Waals surface area contributed by atoms with Gasteiger partial charge in [0.1, 0.15) is 6.33 Å². The normalized spacial score (nSPS) is 14.9. The summed E-state index contributed by atoms with van der Waals surface area (Å²) in [5.41, 5.74) is 3.65. The molecule has 0 saturated heterocycles. The van der Waals surface area contributed by atoms with E-state index in [9.17, 15) is 4.79 Å². The molecular formula is C17H19N7O. The van der Waals surface area contributed by atoms with E-state index >= 15 is 0 Å². The topological polar surface area (TPSA) is 89.7 Å². The second kappa shape index (κ2) is 6.04. The average molecular weight is 337 g/mol. The largest absolute Gasteiger partial charge is 0.338 e. The Morgan fingerprint density at radius 3 is 3.00 bits per heavy atom. The van der Waals surface area contributed by atoms with E-state index in [0.29, 0.717) is 12.2 Å². The Bertz CT molecular complexity index is 927. The van der Waals surface area contributed by atoms with Crippen LogP contribution in [-0.4, -0.2) is 36.9 Å². The Morgan fingerprint density at radius 2 is 2.20 bits per heavy atom. The van der Waals surface area contributed by atoms with Gasteiger partial charge in [-0.2, -0.15) is 5.10 Å². The number of carbonyl (C=O) groups excluding carboxylic acids is 1. The van der Waals surface area contributed by atoms with Crippen LogP contribution in [0.25, 0.3) is 17.1 Å². The minimum atomic E-state index is -0.229. The number of rotatable bonds is 3. The molecule has 0 bridgehead atoms. The standard InChI is InChI=1S/C17H19N7O/c1-3-13-15-8-18-10-23(15)14-6-5-11(22-17(25)19-4-2)7-12(14)16-20-9-21-24(13)16/h5-10,13H,3-4H2,1-2H3,(H2,19,22,25). The SMILES string of the molecule is CCNC(=O)Nc1ccc2c(c1)-c1ncnn1C(CC)c1cncn1-2. The number of hydrogen-bond donors (Lipinski definition) is 2. The zero-order valence-electron chi connectivity index (χ0n) is 14.1. The fourth-order valence-electron chi connectivity index (χ4n) is 3.27. The van der Waals surface area contributed by atoms with E-state index in [1.807, 2.05) is 36.0 Å². The van der Waals surface area contributed by atoms with E-state index < -0.39 is 0 Å². The van der Waals surface area contributed by atoms with Crippen LogP contribution >= 0.6 is 0 Å². The van der Waals surface area contributed by atoms with Crippen molar-refractivity contribution in [2.75, 3.05) is 11.9 Å². The van der Waals surface area contributed by atoms with Gasteiger partial charge in [0.15, 0.2) is 5.82 Å². The lowest BCUT2D eigenvalue weighted by Crippen LogP contribution is -2.28. The second-order valence-electron chi connectivity index (χ2n) is 5.86. The summed E-state index contributed by atoms with van der Waals surface area (Å²) in [5, 5.41) is 10.0. The zero-order chi connectivity index (χ0) is 17.4. The first kappa shape index (κ1) is 15.4. The minimum absolute atomic E-state index is 0.0622. The summed E-state index contributed by atoms with van der Waals surface area (Å²) < 4.78 is 3.99. The molecule has 0 aliphatic carbocycles. The minimum Gasteiger partial charge on any atom is -0.338 e. The summed E-state index contributed by atoms with van der Waals surface area (Å²) >= 11 is 0. The van der Waals surface area contributed by atoms with Crippen molar-refractivity contribution < 1.29 is 4.79 Å². The Kier molecular flexibility index (Phi) is 3.72. The highest BCUT2D eigenvalue weighted by Crippen LogP contribution is 2.37. The predicted molar refractivity (Wildman–Crippen MR) is 93.7 cm³/mol. The first-order chi connectivity index (χ1) is 12.2. The van der Waals surface area contributed by atoms with E-state index in [-0.39, 0.29) is 12.1 Å². The lowest BCUT2D eigenvalue weighted by molar-refractivity contribution is 0.252. The van der Waals surface area contributed by atoms with Crippen LogP contribution in [0.15, 0.2) is 37.1 Å². The molecule has 128 valence electrons. The molecule has 1 aliphatic heterocycles. The quantitative estimate of drug-likeness (QED) is 0.769. The molecule has 3 heterocycles. The zero-order valence-corrected chi connectivity index (χ0v) is 14.1. The number of anilines is 1. The van der Waals surface area contributed by atoms with Gasteiger partial charge in [-0.15, -0.1) is 0 Å². The third-order valence-corrected chi connectivity index (χ3v) is 4.36. The van der Waals surface area contributed by atoms with Crippen LogP contribution in [0.1, 0.15) is 32.0 Å². The lowest BCUT2D eigenvalue weighted by Gasteiger charge is -2.15. The summed E-state index contributed by atoms with van der Waals surface area (Å²) in [5.74, 6) is 0.782. The van der Waals surface area contributed by atoms with Gasteiger partial charge < -0.3 is 15.2 Å². The maximum Gasteiger partial charge on any atom is 0.319 e. The van der Waals surface area contributed by atoms with E-state index in [1.54, 1.807) is 12.7 Å². The summed E-state index contributed by atoms with van der Waals surface area (Å²) in [6, 6.07) is 5.61. The fourth-order valence-corrected chi connectivity index (χ4v) is 3.27. The van der Waals surface area contributed by atoms with Crippen molar-refractivity contribution in [2.24, 2.45) is 0 Å². The van der Waals surface area contributed by atoms with Crippen molar-refractivity contribution >= 4 is 11.7 Å². The van der Waals surface area contributed by atoms with Gasteiger partial charge in [-0.3, -0.25) is 0 Å². The maximum absolute atomic E-state index is 11.8. The molecule has 1 atom stereocenters. The number of imidazole rings is 1. The Hall–Kier alpha value is -3.16. The van der Waals surface area contributed by atoms with Crippen LogP contribution in [0, 0.1) is 0 Å². The van der Waals surface area contributed by atoms with E-state index in [1.165, 1.54) is 0 Å². The van der Waals surface area contributed by atoms with Gasteiger partial charge in [-0.1, -0.05) is 6.92 Å². The molecule has 0 spiro atoms. The third-order valence-electron chi connectivity index (χ3n) is 4.36. The number of nitrogens with zero attached hydrogens (tertiary/aromatic N) is 5. The van der Waals surface area contributed by atoms with Gasteiger partial charge in [-0.05, 0) is 31.5 Å². The van der Waals surface area contributed by atoms with Crippen LogP contribution in [0.2, 0.25) is 0 Å². The highest BCUT2D eigenvalue weighted by Gasteiger charge is 2.27. The molecule has 0 fully saturated rings. The molecule has 1 unspecified atom stereocenters. The molecule has 8 nitrogen and oxygen atoms in total. The average Bonchev–Trinajstić information content (AvgIpc) is 3.24. The molecular weight excluding hydrogens is 318 g/mol. The molecule has 2 aromatic heterocycles. The van der Waals surface area contributed by atoms with Gasteiger partial charge in [0.05, 0.1) is 29.9 Å². The summed E-state index contributed by atoms with van der Waals surface area (Å²) in [6.45, 7) is 4.57. The molecule has 2 N–H and O–H groups in total. The Balaban J connectivity index is 1.87.